The first kappa shape index (κ1) is 19.5. The molecule has 1 amide bonds. The molecule has 0 saturated heterocycles. The van der Waals surface area contributed by atoms with Crippen molar-refractivity contribution in [1.29, 1.82) is 0 Å². The van der Waals surface area contributed by atoms with Gasteiger partial charge in [-0.05, 0) is 49.6 Å². The summed E-state index contributed by atoms with van der Waals surface area (Å²) < 4.78 is 2.24. The lowest BCUT2D eigenvalue weighted by molar-refractivity contribution is -0.121. The maximum atomic E-state index is 12.7. The number of carbonyl (C=O) groups is 1. The van der Waals surface area contributed by atoms with E-state index in [9.17, 15) is 4.79 Å². The summed E-state index contributed by atoms with van der Waals surface area (Å²) in [5.74, 6) is 0.0353. The molecule has 0 bridgehead atoms. The Morgan fingerprint density at radius 2 is 1.93 bits per heavy atom. The van der Waals surface area contributed by atoms with Gasteiger partial charge in [0.15, 0.2) is 0 Å². The van der Waals surface area contributed by atoms with Crippen LogP contribution < -0.4 is 5.32 Å². The SMILES string of the molecule is CC[C@H](C)NC(=O)C[C@H](c1cccc(Cl)c1)c1cn(CC)c2ccccc12. The average Bonchev–Trinajstić information content (AvgIpc) is 3.04. The molecule has 0 spiro atoms. The molecule has 0 radical (unpaired) electrons. The Labute approximate surface area is 166 Å². The van der Waals surface area contributed by atoms with Gasteiger partial charge in [0.05, 0.1) is 0 Å². The van der Waals surface area contributed by atoms with E-state index < -0.39 is 0 Å². The summed E-state index contributed by atoms with van der Waals surface area (Å²) in [6, 6.07) is 16.4. The minimum absolute atomic E-state index is 0.0366. The number of carbonyl (C=O) groups excluding carboxylic acids is 1. The number of rotatable bonds is 7. The van der Waals surface area contributed by atoms with Crippen molar-refractivity contribution in [2.45, 2.75) is 52.1 Å². The zero-order valence-corrected chi connectivity index (χ0v) is 17.0. The largest absolute Gasteiger partial charge is 0.354 e. The van der Waals surface area contributed by atoms with E-state index in [4.69, 9.17) is 11.6 Å². The molecule has 4 heteroatoms. The van der Waals surface area contributed by atoms with Crippen LogP contribution in [0.5, 0.6) is 0 Å². The first-order valence-electron chi connectivity index (χ1n) is 9.66. The quantitative estimate of drug-likeness (QED) is 0.554. The summed E-state index contributed by atoms with van der Waals surface area (Å²) in [5.41, 5.74) is 3.44. The van der Waals surface area contributed by atoms with Crippen molar-refractivity contribution in [2.24, 2.45) is 0 Å². The highest BCUT2D eigenvalue weighted by Crippen LogP contribution is 2.35. The first-order chi connectivity index (χ1) is 13.0. The maximum Gasteiger partial charge on any atom is 0.221 e. The molecule has 3 rings (SSSR count). The molecule has 27 heavy (non-hydrogen) atoms. The van der Waals surface area contributed by atoms with E-state index in [1.807, 2.05) is 25.1 Å². The van der Waals surface area contributed by atoms with E-state index in [0.29, 0.717) is 11.4 Å². The highest BCUT2D eigenvalue weighted by molar-refractivity contribution is 6.30. The molecule has 142 valence electrons. The van der Waals surface area contributed by atoms with Crippen molar-refractivity contribution >= 4 is 28.4 Å². The number of nitrogens with one attached hydrogen (secondary N) is 1. The lowest BCUT2D eigenvalue weighted by Gasteiger charge is -2.19. The summed E-state index contributed by atoms with van der Waals surface area (Å²) in [6.45, 7) is 7.14. The van der Waals surface area contributed by atoms with Gasteiger partial charge in [0.25, 0.3) is 0 Å². The van der Waals surface area contributed by atoms with Crippen LogP contribution in [0.15, 0.2) is 54.7 Å². The molecule has 2 aromatic carbocycles. The van der Waals surface area contributed by atoms with Crippen LogP contribution in [0, 0.1) is 0 Å². The second-order valence-electron chi connectivity index (χ2n) is 7.08. The Kier molecular flexibility index (Phi) is 6.22. The van der Waals surface area contributed by atoms with Crippen LogP contribution >= 0.6 is 11.6 Å². The van der Waals surface area contributed by atoms with Crippen LogP contribution in [0.4, 0.5) is 0 Å². The van der Waals surface area contributed by atoms with Crippen molar-refractivity contribution in [1.82, 2.24) is 9.88 Å². The number of nitrogens with zero attached hydrogens (tertiary/aromatic N) is 1. The van der Waals surface area contributed by atoms with Crippen LogP contribution in [-0.4, -0.2) is 16.5 Å². The highest BCUT2D eigenvalue weighted by atomic mass is 35.5. The van der Waals surface area contributed by atoms with Crippen molar-refractivity contribution in [3.63, 3.8) is 0 Å². The lowest BCUT2D eigenvalue weighted by atomic mass is 9.88. The van der Waals surface area contributed by atoms with E-state index >= 15 is 0 Å². The molecular formula is C23H27ClN2O. The number of hydrogen-bond donors (Lipinski definition) is 1. The molecule has 0 saturated carbocycles. The van der Waals surface area contributed by atoms with Gasteiger partial charge in [0.2, 0.25) is 5.91 Å². The molecular weight excluding hydrogens is 356 g/mol. The standard InChI is InChI=1S/C23H27ClN2O/c1-4-16(3)25-23(27)14-20(17-9-8-10-18(24)13-17)21-15-26(5-2)22-12-7-6-11-19(21)22/h6-13,15-16,20H,4-5,14H2,1-3H3,(H,25,27)/t16-,20+/m0/s1. The van der Waals surface area contributed by atoms with Gasteiger partial charge in [-0.1, -0.05) is 48.9 Å². The van der Waals surface area contributed by atoms with E-state index in [1.165, 1.54) is 16.5 Å². The van der Waals surface area contributed by atoms with Gasteiger partial charge in [-0.2, -0.15) is 0 Å². The molecule has 1 aromatic heterocycles. The Morgan fingerprint density at radius 1 is 1.15 bits per heavy atom. The predicted octanol–water partition coefficient (Wildman–Crippen LogP) is 5.75. The van der Waals surface area contributed by atoms with Crippen molar-refractivity contribution < 1.29 is 4.79 Å². The van der Waals surface area contributed by atoms with E-state index in [1.54, 1.807) is 0 Å². The van der Waals surface area contributed by atoms with E-state index in [2.05, 4.69) is 60.3 Å². The molecule has 1 N–H and O–H groups in total. The first-order valence-corrected chi connectivity index (χ1v) is 10.0. The normalized spacial score (nSPS) is 13.5. The summed E-state index contributed by atoms with van der Waals surface area (Å²) >= 11 is 6.26. The van der Waals surface area contributed by atoms with Crippen LogP contribution in [0.25, 0.3) is 10.9 Å². The van der Waals surface area contributed by atoms with Crippen LogP contribution in [-0.2, 0) is 11.3 Å². The van der Waals surface area contributed by atoms with Gasteiger partial charge >= 0.3 is 0 Å². The second kappa shape index (κ2) is 8.62. The molecule has 0 unspecified atom stereocenters. The summed E-state index contributed by atoms with van der Waals surface area (Å²) in [6.07, 6.45) is 3.51. The molecule has 0 fully saturated rings. The Hall–Kier alpha value is -2.26. The van der Waals surface area contributed by atoms with Gasteiger partial charge < -0.3 is 9.88 Å². The van der Waals surface area contributed by atoms with Crippen LogP contribution in [0.2, 0.25) is 5.02 Å². The van der Waals surface area contributed by atoms with E-state index in [0.717, 1.165) is 18.5 Å². The summed E-state index contributed by atoms with van der Waals surface area (Å²) in [5, 5.41) is 4.99. The molecule has 3 nitrogen and oxygen atoms in total. The fourth-order valence-electron chi connectivity index (χ4n) is 3.57. The third-order valence-electron chi connectivity index (χ3n) is 5.20. The average molecular weight is 383 g/mol. The van der Waals surface area contributed by atoms with E-state index in [-0.39, 0.29) is 17.9 Å². The summed E-state index contributed by atoms with van der Waals surface area (Å²) in [7, 11) is 0. The third-order valence-corrected chi connectivity index (χ3v) is 5.43. The van der Waals surface area contributed by atoms with Crippen molar-refractivity contribution in [3.05, 3.63) is 70.9 Å². The number of benzene rings is 2. The topological polar surface area (TPSA) is 34.0 Å². The highest BCUT2D eigenvalue weighted by Gasteiger charge is 2.23. The second-order valence-corrected chi connectivity index (χ2v) is 7.51. The van der Waals surface area contributed by atoms with Gasteiger partial charge in [0.1, 0.15) is 0 Å². The number of hydrogen-bond acceptors (Lipinski definition) is 1. The minimum atomic E-state index is -0.0366. The fraction of sp³-hybridized carbons (Fsp3) is 0.348. The van der Waals surface area contributed by atoms with Gasteiger partial charge in [-0.3, -0.25) is 4.79 Å². The predicted molar refractivity (Wildman–Crippen MR) is 113 cm³/mol. The number of amides is 1. The van der Waals surface area contributed by atoms with Crippen LogP contribution in [0.3, 0.4) is 0 Å². The minimum Gasteiger partial charge on any atom is -0.354 e. The number of fused-ring (bicyclic) bond motifs is 1. The molecule has 0 aliphatic heterocycles. The Bertz CT molecular complexity index is 931. The zero-order chi connectivity index (χ0) is 19.4. The van der Waals surface area contributed by atoms with Crippen LogP contribution in [0.1, 0.15) is 50.7 Å². The lowest BCUT2D eigenvalue weighted by Crippen LogP contribution is -2.33. The van der Waals surface area contributed by atoms with Crippen molar-refractivity contribution in [3.8, 4) is 0 Å². The molecule has 3 aromatic rings. The molecule has 0 aliphatic carbocycles. The number of para-hydroxylation sites is 1. The summed E-state index contributed by atoms with van der Waals surface area (Å²) in [4.78, 5) is 12.7. The van der Waals surface area contributed by atoms with Gasteiger partial charge in [-0.25, -0.2) is 0 Å². The molecule has 0 aliphatic rings. The Balaban J connectivity index is 2.06. The molecule has 2 atom stereocenters. The number of aromatic nitrogens is 1. The number of halogens is 1. The Morgan fingerprint density at radius 3 is 2.63 bits per heavy atom. The van der Waals surface area contributed by atoms with Gasteiger partial charge in [0, 0.05) is 47.0 Å². The smallest absolute Gasteiger partial charge is 0.221 e. The third kappa shape index (κ3) is 4.36. The number of aryl methyl sites for hydroxylation is 1. The van der Waals surface area contributed by atoms with Gasteiger partial charge in [-0.15, -0.1) is 0 Å². The monoisotopic (exact) mass is 382 g/mol. The fourth-order valence-corrected chi connectivity index (χ4v) is 3.77. The zero-order valence-electron chi connectivity index (χ0n) is 16.2. The van der Waals surface area contributed by atoms with Crippen molar-refractivity contribution in [2.75, 3.05) is 0 Å². The molecule has 1 heterocycles. The maximum absolute atomic E-state index is 12.7.